The lowest BCUT2D eigenvalue weighted by atomic mass is 10.3. The second-order valence-electron chi connectivity index (χ2n) is 2.23. The van der Waals surface area contributed by atoms with E-state index in [1.165, 1.54) is 23.9 Å². The summed E-state index contributed by atoms with van der Waals surface area (Å²) in [4.78, 5) is 10.3. The Labute approximate surface area is 74.0 Å². The van der Waals surface area contributed by atoms with Crippen molar-refractivity contribution >= 4 is 17.8 Å². The Kier molecular flexibility index (Phi) is 3.73. The summed E-state index contributed by atoms with van der Waals surface area (Å²) < 4.78 is 17.1. The van der Waals surface area contributed by atoms with Gasteiger partial charge in [0.25, 0.3) is 0 Å². The zero-order valence-electron chi connectivity index (χ0n) is 6.38. The Morgan fingerprint density at radius 3 is 3.08 bits per heavy atom. The fraction of sp³-hybridized carbons (Fsp3) is 0.375. The molecule has 1 rings (SSSR count). The van der Waals surface area contributed by atoms with E-state index < -0.39 is 0 Å². The number of rotatable bonds is 5. The van der Waals surface area contributed by atoms with Crippen molar-refractivity contribution in [3.05, 3.63) is 22.1 Å². The molecule has 1 aromatic rings. The second kappa shape index (κ2) is 4.87. The number of ether oxygens (including phenoxy) is 1. The molecule has 2 nitrogen and oxygen atoms in total. The molecule has 0 aliphatic rings. The molecule has 0 aliphatic heterocycles. The highest BCUT2D eigenvalue weighted by Crippen LogP contribution is 2.16. The van der Waals surface area contributed by atoms with E-state index >= 15 is 0 Å². The maximum atomic E-state index is 12.8. The molecule has 0 N–H and O–H groups in total. The van der Waals surface area contributed by atoms with Crippen LogP contribution >= 0.6 is 11.3 Å². The summed E-state index contributed by atoms with van der Waals surface area (Å²) in [6, 6.07) is 1.44. The zero-order valence-corrected chi connectivity index (χ0v) is 7.20. The summed E-state index contributed by atoms with van der Waals surface area (Å²) in [5.74, 6) is -0.171. The molecule has 1 aromatic heterocycles. The molecule has 0 atom stereocenters. The van der Waals surface area contributed by atoms with Crippen LogP contribution < -0.4 is 0 Å². The number of halogens is 1. The maximum absolute atomic E-state index is 12.8. The maximum Gasteiger partial charge on any atom is 0.417 e. The molecule has 12 heavy (non-hydrogen) atoms. The van der Waals surface area contributed by atoms with Gasteiger partial charge in [-0.1, -0.05) is 0 Å². The van der Waals surface area contributed by atoms with Gasteiger partial charge in [0.15, 0.2) is 0 Å². The van der Waals surface area contributed by atoms with Gasteiger partial charge in [-0.2, -0.15) is 0 Å². The summed E-state index contributed by atoms with van der Waals surface area (Å²) >= 11 is 1.38. The highest BCUT2D eigenvalue weighted by molar-refractivity contribution is 7.09. The smallest absolute Gasteiger partial charge is 0.417 e. The van der Waals surface area contributed by atoms with Gasteiger partial charge in [-0.25, -0.2) is 9.18 Å². The van der Waals surface area contributed by atoms with Crippen LogP contribution in [0.1, 0.15) is 11.3 Å². The van der Waals surface area contributed by atoms with Crippen molar-refractivity contribution in [1.82, 2.24) is 0 Å². The number of hydrogen-bond donors (Lipinski definition) is 0. The van der Waals surface area contributed by atoms with Crippen LogP contribution in [-0.4, -0.2) is 13.1 Å². The van der Waals surface area contributed by atoms with Gasteiger partial charge in [-0.15, -0.1) is 11.3 Å². The standard InChI is InChI=1S/C8H8FO2S/c9-7-3-5-12-8(7)2-1-4-11-6-10/h3,5H,1-2,4H2. The lowest BCUT2D eigenvalue weighted by Crippen LogP contribution is -1.94. The average molecular weight is 187 g/mol. The molecule has 0 saturated carbocycles. The van der Waals surface area contributed by atoms with Crippen molar-refractivity contribution in [2.75, 3.05) is 6.61 Å². The Morgan fingerprint density at radius 1 is 1.67 bits per heavy atom. The summed E-state index contributed by atoms with van der Waals surface area (Å²) in [5.41, 5.74) is 0. The molecule has 1 heterocycles. The van der Waals surface area contributed by atoms with Crippen LogP contribution in [0.5, 0.6) is 0 Å². The monoisotopic (exact) mass is 187 g/mol. The van der Waals surface area contributed by atoms with E-state index in [0.29, 0.717) is 24.3 Å². The van der Waals surface area contributed by atoms with Crippen molar-refractivity contribution in [1.29, 1.82) is 0 Å². The Bertz CT molecular complexity index is 247. The number of hydrogen-bond acceptors (Lipinski definition) is 3. The molecule has 4 heteroatoms. The van der Waals surface area contributed by atoms with E-state index in [9.17, 15) is 9.18 Å². The molecule has 0 aromatic carbocycles. The van der Waals surface area contributed by atoms with E-state index in [-0.39, 0.29) is 5.82 Å². The van der Waals surface area contributed by atoms with Crippen molar-refractivity contribution in [3.8, 4) is 0 Å². The van der Waals surface area contributed by atoms with Gasteiger partial charge in [0.2, 0.25) is 0 Å². The summed E-state index contributed by atoms with van der Waals surface area (Å²) in [6.45, 7) is 1.63. The largest absolute Gasteiger partial charge is 0.457 e. The summed E-state index contributed by atoms with van der Waals surface area (Å²) in [6.07, 6.45) is 1.26. The highest BCUT2D eigenvalue weighted by atomic mass is 32.1. The molecule has 0 amide bonds. The third kappa shape index (κ3) is 2.62. The molecule has 65 valence electrons. The first kappa shape index (κ1) is 9.19. The molecular formula is C8H8FO2S. The third-order valence-electron chi connectivity index (χ3n) is 1.40. The van der Waals surface area contributed by atoms with Crippen LogP contribution in [0.15, 0.2) is 11.4 Å². The van der Waals surface area contributed by atoms with Crippen LogP contribution in [0.25, 0.3) is 0 Å². The molecule has 0 fully saturated rings. The van der Waals surface area contributed by atoms with Gasteiger partial charge in [-0.05, 0) is 24.3 Å². The first-order chi connectivity index (χ1) is 5.84. The van der Waals surface area contributed by atoms with Gasteiger partial charge < -0.3 is 4.74 Å². The van der Waals surface area contributed by atoms with Gasteiger partial charge in [0.05, 0.1) is 6.61 Å². The minimum Gasteiger partial charge on any atom is -0.457 e. The van der Waals surface area contributed by atoms with Crippen molar-refractivity contribution in [3.63, 3.8) is 0 Å². The highest BCUT2D eigenvalue weighted by Gasteiger charge is 2.02. The van der Waals surface area contributed by atoms with Crippen LogP contribution in [0.2, 0.25) is 0 Å². The van der Waals surface area contributed by atoms with Gasteiger partial charge in [0, 0.05) is 4.88 Å². The minimum atomic E-state index is -0.171. The van der Waals surface area contributed by atoms with Crippen LogP contribution in [-0.2, 0) is 16.0 Å². The van der Waals surface area contributed by atoms with E-state index in [0.717, 1.165) is 0 Å². The SMILES string of the molecule is O=[C]OCCCc1sccc1F. The summed E-state index contributed by atoms with van der Waals surface area (Å²) in [7, 11) is 0. The third-order valence-corrected chi connectivity index (χ3v) is 2.36. The van der Waals surface area contributed by atoms with Crippen molar-refractivity contribution in [2.24, 2.45) is 0 Å². The molecule has 0 spiro atoms. The number of thiophene rings is 1. The molecular weight excluding hydrogens is 179 g/mol. The Morgan fingerprint density at radius 2 is 2.50 bits per heavy atom. The van der Waals surface area contributed by atoms with E-state index in [1.54, 1.807) is 5.38 Å². The second-order valence-corrected chi connectivity index (χ2v) is 3.23. The molecule has 0 bridgehead atoms. The van der Waals surface area contributed by atoms with E-state index in [4.69, 9.17) is 0 Å². The van der Waals surface area contributed by atoms with E-state index in [1.807, 2.05) is 0 Å². The predicted molar refractivity (Wildman–Crippen MR) is 44.2 cm³/mol. The zero-order chi connectivity index (χ0) is 8.81. The van der Waals surface area contributed by atoms with Crippen LogP contribution in [0.3, 0.4) is 0 Å². The Balaban J connectivity index is 2.24. The van der Waals surface area contributed by atoms with E-state index in [2.05, 4.69) is 4.74 Å². The fourth-order valence-electron chi connectivity index (χ4n) is 0.850. The van der Waals surface area contributed by atoms with Gasteiger partial charge >= 0.3 is 6.47 Å². The first-order valence-electron chi connectivity index (χ1n) is 3.55. The lowest BCUT2D eigenvalue weighted by Gasteiger charge is -1.96. The average Bonchev–Trinajstić information content (AvgIpc) is 2.46. The van der Waals surface area contributed by atoms with Gasteiger partial charge in [0.1, 0.15) is 5.82 Å². The van der Waals surface area contributed by atoms with Crippen LogP contribution in [0, 0.1) is 5.82 Å². The number of aryl methyl sites for hydroxylation is 1. The lowest BCUT2D eigenvalue weighted by molar-refractivity contribution is 0.273. The van der Waals surface area contributed by atoms with Crippen LogP contribution in [0.4, 0.5) is 4.39 Å². The molecule has 0 saturated heterocycles. The Hall–Kier alpha value is -0.900. The van der Waals surface area contributed by atoms with Crippen molar-refractivity contribution in [2.45, 2.75) is 12.8 Å². The first-order valence-corrected chi connectivity index (χ1v) is 4.43. The topological polar surface area (TPSA) is 26.3 Å². The van der Waals surface area contributed by atoms with Gasteiger partial charge in [-0.3, -0.25) is 0 Å². The fourth-order valence-corrected chi connectivity index (χ4v) is 1.64. The predicted octanol–water partition coefficient (Wildman–Crippen LogP) is 1.90. The normalized spacial score (nSPS) is 9.75. The molecule has 0 unspecified atom stereocenters. The molecule has 0 aliphatic carbocycles. The quantitative estimate of drug-likeness (QED) is 0.658. The minimum absolute atomic E-state index is 0.171. The van der Waals surface area contributed by atoms with Crippen molar-refractivity contribution < 1.29 is 13.9 Å². The number of carbonyl (C=O) groups excluding carboxylic acids is 1. The molecule has 1 radical (unpaired) electrons. The summed E-state index contributed by atoms with van der Waals surface area (Å²) in [5, 5.41) is 1.71.